The maximum Gasteiger partial charge on any atom is 0.319 e. The number of urea groups is 1. The Labute approximate surface area is 208 Å². The van der Waals surface area contributed by atoms with Crippen molar-refractivity contribution in [2.24, 2.45) is 7.05 Å². The van der Waals surface area contributed by atoms with Gasteiger partial charge in [0, 0.05) is 23.8 Å². The maximum atomic E-state index is 12.8. The lowest BCUT2D eigenvalue weighted by Gasteiger charge is -2.20. The van der Waals surface area contributed by atoms with Gasteiger partial charge >= 0.3 is 12.0 Å². The maximum absolute atomic E-state index is 12.8. The minimum absolute atomic E-state index is 0.116. The van der Waals surface area contributed by atoms with Crippen molar-refractivity contribution in [3.8, 4) is 5.75 Å². The molecule has 1 unspecified atom stereocenters. The smallest absolute Gasteiger partial charge is 0.319 e. The highest BCUT2D eigenvalue weighted by Crippen LogP contribution is 2.25. The van der Waals surface area contributed by atoms with Gasteiger partial charge in [-0.15, -0.1) is 0 Å². The average molecular weight is 498 g/mol. The van der Waals surface area contributed by atoms with Gasteiger partial charge in [0.15, 0.2) is 5.69 Å². The summed E-state index contributed by atoms with van der Waals surface area (Å²) in [5.74, 6) is -0.796. The number of aryl methyl sites for hydroxylation is 2. The minimum atomic E-state index is -0.742. The fourth-order valence-electron chi connectivity index (χ4n) is 3.73. The van der Waals surface area contributed by atoms with Crippen LogP contribution in [-0.4, -0.2) is 28.3 Å². The van der Waals surface area contributed by atoms with Crippen LogP contribution < -0.4 is 16.2 Å². The van der Waals surface area contributed by atoms with Crippen molar-refractivity contribution in [2.75, 3.05) is 11.9 Å². The van der Waals surface area contributed by atoms with E-state index in [1.165, 1.54) is 17.8 Å². The Balaban J connectivity index is 1.86. The van der Waals surface area contributed by atoms with Crippen LogP contribution in [0.4, 0.5) is 10.5 Å². The first-order valence-corrected chi connectivity index (χ1v) is 11.5. The van der Waals surface area contributed by atoms with Crippen molar-refractivity contribution < 1.29 is 19.4 Å². The second-order valence-corrected chi connectivity index (χ2v) is 8.53. The Morgan fingerprint density at radius 3 is 2.63 bits per heavy atom. The Kier molecular flexibility index (Phi) is 8.54. The lowest BCUT2D eigenvalue weighted by molar-refractivity contribution is -0.143. The van der Waals surface area contributed by atoms with Crippen LogP contribution in [0.2, 0.25) is 5.02 Å². The molecule has 0 radical (unpaired) electrons. The van der Waals surface area contributed by atoms with E-state index in [0.29, 0.717) is 22.6 Å². The first kappa shape index (κ1) is 25.8. The summed E-state index contributed by atoms with van der Waals surface area (Å²) < 4.78 is 6.35. The van der Waals surface area contributed by atoms with Crippen molar-refractivity contribution in [3.05, 3.63) is 92.4 Å². The number of esters is 1. The van der Waals surface area contributed by atoms with E-state index in [2.05, 4.69) is 10.6 Å². The monoisotopic (exact) mass is 497 g/mol. The zero-order chi connectivity index (χ0) is 25.5. The number of nitrogens with zero attached hydrogens (tertiary/aromatic N) is 1. The molecular weight excluding hydrogens is 470 g/mol. The quantitative estimate of drug-likeness (QED) is 0.398. The Hall–Kier alpha value is -3.78. The number of carbonyl (C=O) groups excluding carboxylic acids is 2. The number of halogens is 1. The second-order valence-electron chi connectivity index (χ2n) is 8.13. The highest BCUT2D eigenvalue weighted by molar-refractivity contribution is 6.31. The summed E-state index contributed by atoms with van der Waals surface area (Å²) in [6.45, 7) is 3.52. The summed E-state index contributed by atoms with van der Waals surface area (Å²) in [6.07, 6.45) is 1.92. The van der Waals surface area contributed by atoms with Gasteiger partial charge in [-0.05, 0) is 43.0 Å². The number of aromatic hydroxyl groups is 1. The number of pyridine rings is 1. The molecule has 1 atom stereocenters. The van der Waals surface area contributed by atoms with Gasteiger partial charge < -0.3 is 25.0 Å². The Morgan fingerprint density at radius 2 is 1.91 bits per heavy atom. The molecule has 0 spiro atoms. The molecule has 9 heteroatoms. The predicted octanol–water partition coefficient (Wildman–Crippen LogP) is 4.46. The van der Waals surface area contributed by atoms with Crippen LogP contribution in [0, 0.1) is 6.92 Å². The Morgan fingerprint density at radius 1 is 1.17 bits per heavy atom. The molecule has 0 aliphatic heterocycles. The van der Waals surface area contributed by atoms with Crippen molar-refractivity contribution in [1.82, 2.24) is 9.88 Å². The Bertz CT molecular complexity index is 1290. The molecule has 0 saturated heterocycles. The van der Waals surface area contributed by atoms with Crippen LogP contribution in [0.15, 0.2) is 59.5 Å². The summed E-state index contributed by atoms with van der Waals surface area (Å²) >= 11 is 6.30. The van der Waals surface area contributed by atoms with Gasteiger partial charge in [-0.3, -0.25) is 9.59 Å². The molecule has 0 fully saturated rings. The number of hydrogen-bond donors (Lipinski definition) is 3. The van der Waals surface area contributed by atoms with Crippen LogP contribution in [-0.2, 0) is 23.0 Å². The summed E-state index contributed by atoms with van der Waals surface area (Å²) in [5.41, 5.74) is 2.19. The van der Waals surface area contributed by atoms with E-state index in [1.54, 1.807) is 19.9 Å². The van der Waals surface area contributed by atoms with E-state index >= 15 is 0 Å². The summed E-state index contributed by atoms with van der Waals surface area (Å²) in [7, 11) is 1.52. The molecule has 0 bridgehead atoms. The number of rotatable bonds is 8. The molecule has 3 N–H and O–H groups in total. The molecule has 3 aromatic rings. The topological polar surface area (TPSA) is 110 Å². The molecule has 1 aromatic heterocycles. The molecule has 3 rings (SSSR count). The van der Waals surface area contributed by atoms with Crippen molar-refractivity contribution in [2.45, 2.75) is 32.7 Å². The average Bonchev–Trinajstić information content (AvgIpc) is 2.82. The molecule has 184 valence electrons. The summed E-state index contributed by atoms with van der Waals surface area (Å²) in [6, 6.07) is 13.5. The van der Waals surface area contributed by atoms with Crippen molar-refractivity contribution >= 4 is 29.3 Å². The molecule has 2 amide bonds. The zero-order valence-electron chi connectivity index (χ0n) is 19.8. The number of ether oxygens (including phenoxy) is 1. The van der Waals surface area contributed by atoms with E-state index in [-0.39, 0.29) is 24.5 Å². The molecule has 0 aliphatic carbocycles. The van der Waals surface area contributed by atoms with E-state index in [0.717, 1.165) is 11.1 Å². The van der Waals surface area contributed by atoms with Gasteiger partial charge in [0.2, 0.25) is 0 Å². The van der Waals surface area contributed by atoms with E-state index in [4.69, 9.17) is 16.3 Å². The normalized spacial score (nSPS) is 11.5. The number of nitrogens with one attached hydrogen (secondary N) is 2. The lowest BCUT2D eigenvalue weighted by Crippen LogP contribution is -2.36. The second kappa shape index (κ2) is 11.6. The van der Waals surface area contributed by atoms with Crippen molar-refractivity contribution in [3.63, 3.8) is 0 Å². The molecule has 1 heterocycles. The largest absolute Gasteiger partial charge is 0.505 e. The summed E-state index contributed by atoms with van der Waals surface area (Å²) in [4.78, 5) is 37.5. The third-order valence-corrected chi connectivity index (χ3v) is 5.83. The van der Waals surface area contributed by atoms with Gasteiger partial charge in [0.1, 0.15) is 5.75 Å². The number of hydrogen-bond acceptors (Lipinski definition) is 5. The van der Waals surface area contributed by atoms with Crippen LogP contribution in [0.1, 0.15) is 41.6 Å². The minimum Gasteiger partial charge on any atom is -0.505 e. The fraction of sp³-hybridized carbons (Fsp3) is 0.269. The standard InChI is InChI=1S/C26H28ClN3O5/c1-4-35-22(31)14-21(28-26(34)29-23-24(32)16(2)15-30(3)25(23)33)19-10-7-8-17(13-19)12-18-9-5-6-11-20(18)27/h5-11,13,15,21,32H,4,12,14H2,1-3H3,(H2,28,29,34). The highest BCUT2D eigenvalue weighted by atomic mass is 35.5. The third kappa shape index (κ3) is 6.64. The SMILES string of the molecule is CCOC(=O)CC(NC(=O)Nc1c(O)c(C)cn(C)c1=O)c1cccc(Cc2ccccc2Cl)c1. The van der Waals surface area contributed by atoms with Crippen molar-refractivity contribution in [1.29, 1.82) is 0 Å². The number of anilines is 1. The van der Waals surface area contributed by atoms with E-state index in [9.17, 15) is 19.5 Å². The number of amides is 2. The van der Waals surface area contributed by atoms with Crippen LogP contribution in [0.3, 0.4) is 0 Å². The molecule has 35 heavy (non-hydrogen) atoms. The molecular formula is C26H28ClN3O5. The third-order valence-electron chi connectivity index (χ3n) is 5.46. The van der Waals surface area contributed by atoms with E-state index in [1.807, 2.05) is 42.5 Å². The van der Waals surface area contributed by atoms with Crippen LogP contribution >= 0.6 is 11.6 Å². The first-order valence-electron chi connectivity index (χ1n) is 11.1. The van der Waals surface area contributed by atoms with Gasteiger partial charge in [0.05, 0.1) is 19.1 Å². The molecule has 8 nitrogen and oxygen atoms in total. The molecule has 0 aliphatic rings. The zero-order valence-corrected chi connectivity index (χ0v) is 20.6. The first-order chi connectivity index (χ1) is 16.7. The van der Waals surface area contributed by atoms with E-state index < -0.39 is 23.6 Å². The van der Waals surface area contributed by atoms with Gasteiger partial charge in [-0.25, -0.2) is 4.79 Å². The molecule has 2 aromatic carbocycles. The number of carbonyl (C=O) groups is 2. The van der Waals surface area contributed by atoms with Gasteiger partial charge in [0.25, 0.3) is 5.56 Å². The van der Waals surface area contributed by atoms with Gasteiger partial charge in [-0.1, -0.05) is 54.1 Å². The lowest BCUT2D eigenvalue weighted by atomic mass is 9.98. The molecule has 0 saturated carbocycles. The summed E-state index contributed by atoms with van der Waals surface area (Å²) in [5, 5.41) is 16.1. The van der Waals surface area contributed by atoms with Crippen LogP contribution in [0.25, 0.3) is 0 Å². The number of benzene rings is 2. The van der Waals surface area contributed by atoms with Gasteiger partial charge in [-0.2, -0.15) is 0 Å². The highest BCUT2D eigenvalue weighted by Gasteiger charge is 2.22. The fourth-order valence-corrected chi connectivity index (χ4v) is 3.93. The number of aromatic nitrogens is 1. The van der Waals surface area contributed by atoms with Crippen LogP contribution in [0.5, 0.6) is 5.75 Å². The predicted molar refractivity (Wildman–Crippen MR) is 135 cm³/mol.